The van der Waals surface area contributed by atoms with Crippen LogP contribution in [0.5, 0.6) is 0 Å². The van der Waals surface area contributed by atoms with E-state index in [0.29, 0.717) is 5.69 Å². The van der Waals surface area contributed by atoms with E-state index in [2.05, 4.69) is 4.98 Å². The Morgan fingerprint density at radius 1 is 1.53 bits per heavy atom. The van der Waals surface area contributed by atoms with Crippen molar-refractivity contribution in [2.24, 2.45) is 0 Å². The maximum Gasteiger partial charge on any atom is 0.325 e. The van der Waals surface area contributed by atoms with Crippen LogP contribution in [0.15, 0.2) is 15.7 Å². The monoisotopic (exact) mass is 230 g/mol. The minimum absolute atomic E-state index is 0.284. The lowest BCUT2D eigenvalue weighted by atomic mass is 10.4. The van der Waals surface area contributed by atoms with Gasteiger partial charge in [-0.1, -0.05) is 0 Å². The highest BCUT2D eigenvalue weighted by Gasteiger charge is 2.11. The van der Waals surface area contributed by atoms with E-state index in [4.69, 9.17) is 5.11 Å². The second-order valence-electron chi connectivity index (χ2n) is 2.90. The van der Waals surface area contributed by atoms with Crippen LogP contribution in [0.25, 0.3) is 0 Å². The summed E-state index contributed by atoms with van der Waals surface area (Å²) in [6, 6.07) is 1.24. The van der Waals surface area contributed by atoms with Gasteiger partial charge in [-0.25, -0.2) is 4.79 Å². The number of carbonyl (C=O) groups is 1. The molecule has 1 aromatic heterocycles. The van der Waals surface area contributed by atoms with Crippen molar-refractivity contribution in [3.63, 3.8) is 0 Å². The predicted octanol–water partition coefficient (Wildman–Crippen LogP) is -0.231. The molecule has 1 rings (SSSR count). The first-order chi connectivity index (χ1) is 6.99. The quantitative estimate of drug-likeness (QED) is 0.663. The molecule has 0 radical (unpaired) electrons. The summed E-state index contributed by atoms with van der Waals surface area (Å²) in [5, 5.41) is 8.03. The van der Waals surface area contributed by atoms with Crippen LogP contribution < -0.4 is 11.2 Å². The molecule has 1 atom stereocenters. The highest BCUT2D eigenvalue weighted by atomic mass is 32.2. The van der Waals surface area contributed by atoms with Gasteiger partial charge < -0.3 is 10.1 Å². The number of carboxylic acid groups (broad SMARTS) is 1. The SMILES string of the molecule is CC(SCc1cc(=O)[nH]c(=O)[nH]1)C(=O)O. The fourth-order valence-corrected chi connectivity index (χ4v) is 1.61. The van der Waals surface area contributed by atoms with Crippen molar-refractivity contribution < 1.29 is 9.90 Å². The molecule has 3 N–H and O–H groups in total. The van der Waals surface area contributed by atoms with Gasteiger partial charge >= 0.3 is 11.7 Å². The summed E-state index contributed by atoms with van der Waals surface area (Å²) >= 11 is 1.13. The van der Waals surface area contributed by atoms with Crippen LogP contribution in [0.2, 0.25) is 0 Å². The van der Waals surface area contributed by atoms with Crippen LogP contribution in [-0.4, -0.2) is 26.3 Å². The molecule has 0 aliphatic heterocycles. The number of thioether (sulfide) groups is 1. The Bertz CT molecular complexity index is 436. The normalized spacial score (nSPS) is 12.3. The lowest BCUT2D eigenvalue weighted by Gasteiger charge is -2.04. The summed E-state index contributed by atoms with van der Waals surface area (Å²) < 4.78 is 0. The lowest BCUT2D eigenvalue weighted by molar-refractivity contribution is -0.136. The van der Waals surface area contributed by atoms with Crippen molar-refractivity contribution >= 4 is 17.7 Å². The minimum Gasteiger partial charge on any atom is -0.480 e. The van der Waals surface area contributed by atoms with Gasteiger partial charge in [0.05, 0.1) is 5.25 Å². The number of aromatic amines is 2. The molecular weight excluding hydrogens is 220 g/mol. The average Bonchev–Trinajstić information content (AvgIpc) is 2.12. The molecule has 15 heavy (non-hydrogen) atoms. The van der Waals surface area contributed by atoms with E-state index in [9.17, 15) is 14.4 Å². The van der Waals surface area contributed by atoms with Gasteiger partial charge in [0.25, 0.3) is 5.56 Å². The molecule has 0 aliphatic carbocycles. The van der Waals surface area contributed by atoms with Crippen LogP contribution in [0, 0.1) is 0 Å². The maximum atomic E-state index is 10.9. The zero-order valence-electron chi connectivity index (χ0n) is 7.94. The van der Waals surface area contributed by atoms with Crippen molar-refractivity contribution in [2.45, 2.75) is 17.9 Å². The van der Waals surface area contributed by atoms with Gasteiger partial charge in [0.1, 0.15) is 0 Å². The van der Waals surface area contributed by atoms with Crippen molar-refractivity contribution in [3.8, 4) is 0 Å². The second-order valence-corrected chi connectivity index (χ2v) is 4.23. The third kappa shape index (κ3) is 3.62. The molecule has 0 aromatic carbocycles. The molecule has 0 saturated heterocycles. The molecule has 0 saturated carbocycles. The fraction of sp³-hybridized carbons (Fsp3) is 0.375. The molecule has 6 nitrogen and oxygen atoms in total. The smallest absolute Gasteiger partial charge is 0.325 e. The average molecular weight is 230 g/mol. The number of nitrogens with one attached hydrogen (secondary N) is 2. The largest absolute Gasteiger partial charge is 0.480 e. The zero-order valence-corrected chi connectivity index (χ0v) is 8.76. The van der Waals surface area contributed by atoms with Crippen LogP contribution >= 0.6 is 11.8 Å². The first kappa shape index (κ1) is 11.6. The first-order valence-electron chi connectivity index (χ1n) is 4.16. The molecule has 82 valence electrons. The highest BCUT2D eigenvalue weighted by Crippen LogP contribution is 2.14. The molecule has 7 heteroatoms. The molecular formula is C8H10N2O4S. The Balaban J connectivity index is 2.70. The summed E-state index contributed by atoms with van der Waals surface area (Å²) in [6.07, 6.45) is 0. The Kier molecular flexibility index (Phi) is 3.73. The number of H-pyrrole nitrogens is 2. The number of aliphatic carboxylic acids is 1. The Labute approximate surface area is 88.7 Å². The summed E-state index contributed by atoms with van der Waals surface area (Å²) in [4.78, 5) is 36.7. The molecule has 0 bridgehead atoms. The molecule has 0 amide bonds. The van der Waals surface area contributed by atoms with Gasteiger partial charge in [-0.05, 0) is 6.92 Å². The van der Waals surface area contributed by atoms with E-state index in [-0.39, 0.29) is 5.75 Å². The van der Waals surface area contributed by atoms with Crippen molar-refractivity contribution in [1.29, 1.82) is 0 Å². The lowest BCUT2D eigenvalue weighted by Crippen LogP contribution is -2.23. The van der Waals surface area contributed by atoms with Crippen molar-refractivity contribution in [2.75, 3.05) is 0 Å². The Morgan fingerprint density at radius 3 is 2.73 bits per heavy atom. The van der Waals surface area contributed by atoms with E-state index >= 15 is 0 Å². The van der Waals surface area contributed by atoms with E-state index in [0.717, 1.165) is 11.8 Å². The standard InChI is InChI=1S/C8H10N2O4S/c1-4(7(12)13)15-3-5-2-6(11)10-8(14)9-5/h2,4H,3H2,1H3,(H,12,13)(H2,9,10,11,14). The van der Waals surface area contributed by atoms with Gasteiger partial charge in [-0.2, -0.15) is 0 Å². The molecule has 0 fully saturated rings. The van der Waals surface area contributed by atoms with Crippen LogP contribution in [0.4, 0.5) is 0 Å². The molecule has 0 aliphatic rings. The van der Waals surface area contributed by atoms with Crippen LogP contribution in [-0.2, 0) is 10.5 Å². The summed E-state index contributed by atoms with van der Waals surface area (Å²) in [5.41, 5.74) is -0.653. The number of aromatic nitrogens is 2. The fourth-order valence-electron chi connectivity index (χ4n) is 0.883. The highest BCUT2D eigenvalue weighted by molar-refractivity contribution is 7.99. The van der Waals surface area contributed by atoms with Crippen molar-refractivity contribution in [1.82, 2.24) is 9.97 Å². The third-order valence-corrected chi connectivity index (χ3v) is 2.83. The minimum atomic E-state index is -0.924. The van der Waals surface area contributed by atoms with Gasteiger partial charge in [0.15, 0.2) is 0 Å². The summed E-state index contributed by atoms with van der Waals surface area (Å²) in [7, 11) is 0. The maximum absolute atomic E-state index is 10.9. The van der Waals surface area contributed by atoms with E-state index in [1.165, 1.54) is 13.0 Å². The molecule has 1 aromatic rings. The van der Waals surface area contributed by atoms with Crippen LogP contribution in [0.3, 0.4) is 0 Å². The number of carboxylic acids is 1. The topological polar surface area (TPSA) is 103 Å². The third-order valence-electron chi connectivity index (χ3n) is 1.65. The zero-order chi connectivity index (χ0) is 11.4. The van der Waals surface area contributed by atoms with Crippen molar-refractivity contribution in [3.05, 3.63) is 32.6 Å². The van der Waals surface area contributed by atoms with E-state index in [1.54, 1.807) is 0 Å². The van der Waals surface area contributed by atoms with Gasteiger partial charge in [-0.3, -0.25) is 14.6 Å². The molecule has 1 heterocycles. The summed E-state index contributed by atoms with van der Waals surface area (Å²) in [5.74, 6) is -0.640. The van der Waals surface area contributed by atoms with E-state index in [1.807, 2.05) is 4.98 Å². The van der Waals surface area contributed by atoms with Crippen LogP contribution in [0.1, 0.15) is 12.6 Å². The molecule has 1 unspecified atom stereocenters. The first-order valence-corrected chi connectivity index (χ1v) is 5.21. The number of hydrogen-bond acceptors (Lipinski definition) is 4. The van der Waals surface area contributed by atoms with E-state index < -0.39 is 22.5 Å². The molecule has 0 spiro atoms. The second kappa shape index (κ2) is 4.83. The predicted molar refractivity (Wildman–Crippen MR) is 56.1 cm³/mol. The van der Waals surface area contributed by atoms with Gasteiger partial charge in [0.2, 0.25) is 0 Å². The van der Waals surface area contributed by atoms with Gasteiger partial charge in [0, 0.05) is 17.5 Å². The van der Waals surface area contributed by atoms with Gasteiger partial charge in [-0.15, -0.1) is 11.8 Å². The number of hydrogen-bond donors (Lipinski definition) is 3. The Hall–Kier alpha value is -1.50. The number of rotatable bonds is 4. The summed E-state index contributed by atoms with van der Waals surface area (Å²) in [6.45, 7) is 1.54. The Morgan fingerprint density at radius 2 is 2.20 bits per heavy atom.